The van der Waals surface area contributed by atoms with Crippen LogP contribution in [-0.2, 0) is 4.74 Å². The maximum atomic E-state index is 5.60. The predicted molar refractivity (Wildman–Crippen MR) is 76.4 cm³/mol. The van der Waals surface area contributed by atoms with Crippen LogP contribution in [-0.4, -0.2) is 25.8 Å². The van der Waals surface area contributed by atoms with E-state index in [0.29, 0.717) is 6.04 Å². The van der Waals surface area contributed by atoms with Gasteiger partial charge in [-0.25, -0.2) is 0 Å². The first kappa shape index (κ1) is 16.9. The van der Waals surface area contributed by atoms with Gasteiger partial charge < -0.3 is 10.1 Å². The summed E-state index contributed by atoms with van der Waals surface area (Å²) in [6, 6.07) is 0.622. The summed E-state index contributed by atoms with van der Waals surface area (Å²) in [6.07, 6.45) is 5.05. The maximum Gasteiger partial charge on any atom is 0.0590 e. The number of hydrogen-bond donors (Lipinski definition) is 1. The fraction of sp³-hybridized carbons (Fsp3) is 1.00. The van der Waals surface area contributed by atoms with Crippen LogP contribution < -0.4 is 5.32 Å². The molecule has 0 heterocycles. The summed E-state index contributed by atoms with van der Waals surface area (Å²) in [4.78, 5) is 0. The highest BCUT2D eigenvalue weighted by molar-refractivity contribution is 4.61. The summed E-state index contributed by atoms with van der Waals surface area (Å²) < 4.78 is 5.60. The first-order valence-corrected chi connectivity index (χ1v) is 7.33. The van der Waals surface area contributed by atoms with Gasteiger partial charge in [-0.2, -0.15) is 0 Å². The van der Waals surface area contributed by atoms with Gasteiger partial charge in [0.2, 0.25) is 0 Å². The molecule has 0 aliphatic rings. The van der Waals surface area contributed by atoms with Crippen LogP contribution in [0.15, 0.2) is 0 Å². The standard InChI is InChI=1S/C15H33NO/c1-13(2)7-6-11-17-12-10-16-15(5)9-8-14(3)4/h13-16H,6-12H2,1-5H3. The van der Waals surface area contributed by atoms with Crippen LogP contribution in [0.1, 0.15) is 60.3 Å². The van der Waals surface area contributed by atoms with Gasteiger partial charge in [0.1, 0.15) is 0 Å². The molecule has 0 bridgehead atoms. The Morgan fingerprint density at radius 2 is 1.47 bits per heavy atom. The zero-order valence-electron chi connectivity index (χ0n) is 12.6. The molecule has 0 rings (SSSR count). The second-order valence-corrected chi connectivity index (χ2v) is 5.97. The summed E-state index contributed by atoms with van der Waals surface area (Å²) in [6.45, 7) is 14.1. The highest BCUT2D eigenvalue weighted by Gasteiger charge is 2.02. The summed E-state index contributed by atoms with van der Waals surface area (Å²) in [5.41, 5.74) is 0. The topological polar surface area (TPSA) is 21.3 Å². The molecule has 0 spiro atoms. The van der Waals surface area contributed by atoms with E-state index in [0.717, 1.165) is 31.6 Å². The molecule has 0 fully saturated rings. The molecule has 0 aromatic heterocycles. The monoisotopic (exact) mass is 243 g/mol. The summed E-state index contributed by atoms with van der Waals surface area (Å²) >= 11 is 0. The van der Waals surface area contributed by atoms with E-state index in [1.807, 2.05) is 0 Å². The Morgan fingerprint density at radius 1 is 0.824 bits per heavy atom. The molecule has 0 aromatic carbocycles. The normalized spacial score (nSPS) is 13.6. The van der Waals surface area contributed by atoms with E-state index in [4.69, 9.17) is 4.74 Å². The molecule has 104 valence electrons. The quantitative estimate of drug-likeness (QED) is 0.556. The van der Waals surface area contributed by atoms with E-state index in [1.54, 1.807) is 0 Å². The van der Waals surface area contributed by atoms with Gasteiger partial charge in [-0.05, 0) is 44.4 Å². The molecule has 0 aliphatic heterocycles. The Hall–Kier alpha value is -0.0800. The first-order valence-electron chi connectivity index (χ1n) is 7.33. The van der Waals surface area contributed by atoms with Crippen LogP contribution in [0.5, 0.6) is 0 Å². The van der Waals surface area contributed by atoms with Gasteiger partial charge in [0.25, 0.3) is 0 Å². The van der Waals surface area contributed by atoms with Crippen LogP contribution in [0.2, 0.25) is 0 Å². The molecule has 1 N–H and O–H groups in total. The van der Waals surface area contributed by atoms with E-state index >= 15 is 0 Å². The van der Waals surface area contributed by atoms with Crippen molar-refractivity contribution in [3.05, 3.63) is 0 Å². The number of rotatable bonds is 11. The van der Waals surface area contributed by atoms with Crippen LogP contribution in [0.4, 0.5) is 0 Å². The Bertz CT molecular complexity index is 157. The van der Waals surface area contributed by atoms with Crippen molar-refractivity contribution in [2.75, 3.05) is 19.8 Å². The minimum absolute atomic E-state index is 0.622. The lowest BCUT2D eigenvalue weighted by Crippen LogP contribution is -2.29. The van der Waals surface area contributed by atoms with Gasteiger partial charge in [0.05, 0.1) is 6.61 Å². The third kappa shape index (κ3) is 13.9. The van der Waals surface area contributed by atoms with Crippen molar-refractivity contribution in [1.82, 2.24) is 5.32 Å². The van der Waals surface area contributed by atoms with Gasteiger partial charge in [-0.15, -0.1) is 0 Å². The van der Waals surface area contributed by atoms with Crippen molar-refractivity contribution in [1.29, 1.82) is 0 Å². The van der Waals surface area contributed by atoms with Crippen molar-refractivity contribution in [3.63, 3.8) is 0 Å². The van der Waals surface area contributed by atoms with Gasteiger partial charge in [0, 0.05) is 19.2 Å². The van der Waals surface area contributed by atoms with Crippen molar-refractivity contribution >= 4 is 0 Å². The lowest BCUT2D eigenvalue weighted by Gasteiger charge is -2.15. The average Bonchev–Trinajstić information content (AvgIpc) is 2.24. The van der Waals surface area contributed by atoms with Gasteiger partial charge in [0.15, 0.2) is 0 Å². The fourth-order valence-corrected chi connectivity index (χ4v) is 1.76. The molecule has 0 saturated carbocycles. The van der Waals surface area contributed by atoms with E-state index in [9.17, 15) is 0 Å². The van der Waals surface area contributed by atoms with Crippen molar-refractivity contribution in [2.24, 2.45) is 11.8 Å². The lowest BCUT2D eigenvalue weighted by molar-refractivity contribution is 0.127. The molecule has 0 saturated heterocycles. The van der Waals surface area contributed by atoms with Crippen LogP contribution >= 0.6 is 0 Å². The third-order valence-corrected chi connectivity index (χ3v) is 2.99. The molecule has 0 aliphatic carbocycles. The molecule has 1 atom stereocenters. The van der Waals surface area contributed by atoms with Crippen LogP contribution in [0, 0.1) is 11.8 Å². The SMILES string of the molecule is CC(C)CCCOCCNC(C)CCC(C)C. The molecule has 0 radical (unpaired) electrons. The zero-order valence-corrected chi connectivity index (χ0v) is 12.6. The van der Waals surface area contributed by atoms with Gasteiger partial charge >= 0.3 is 0 Å². The Labute approximate surface area is 109 Å². The third-order valence-electron chi connectivity index (χ3n) is 2.99. The predicted octanol–water partition coefficient (Wildman–Crippen LogP) is 3.85. The largest absolute Gasteiger partial charge is 0.380 e. The summed E-state index contributed by atoms with van der Waals surface area (Å²) in [5, 5.41) is 3.51. The lowest BCUT2D eigenvalue weighted by atomic mass is 10.0. The first-order chi connectivity index (χ1) is 8.02. The van der Waals surface area contributed by atoms with Crippen LogP contribution in [0.25, 0.3) is 0 Å². The number of nitrogens with one attached hydrogen (secondary N) is 1. The van der Waals surface area contributed by atoms with Crippen molar-refractivity contribution in [2.45, 2.75) is 66.3 Å². The molecule has 0 amide bonds. The summed E-state index contributed by atoms with van der Waals surface area (Å²) in [7, 11) is 0. The fourth-order valence-electron chi connectivity index (χ4n) is 1.76. The molecular weight excluding hydrogens is 210 g/mol. The second kappa shape index (κ2) is 11.0. The van der Waals surface area contributed by atoms with E-state index in [-0.39, 0.29) is 0 Å². The molecular formula is C15H33NO. The maximum absolute atomic E-state index is 5.60. The Morgan fingerprint density at radius 3 is 2.06 bits per heavy atom. The zero-order chi connectivity index (χ0) is 13.1. The van der Waals surface area contributed by atoms with Crippen molar-refractivity contribution in [3.8, 4) is 0 Å². The molecule has 1 unspecified atom stereocenters. The number of hydrogen-bond acceptors (Lipinski definition) is 2. The van der Waals surface area contributed by atoms with Gasteiger partial charge in [-0.3, -0.25) is 0 Å². The Kier molecular flexibility index (Phi) is 11.0. The molecule has 0 aromatic rings. The summed E-state index contributed by atoms with van der Waals surface area (Å²) in [5.74, 6) is 1.61. The molecule has 2 nitrogen and oxygen atoms in total. The molecule has 17 heavy (non-hydrogen) atoms. The number of ether oxygens (including phenoxy) is 1. The molecule has 2 heteroatoms. The van der Waals surface area contributed by atoms with E-state index < -0.39 is 0 Å². The highest BCUT2D eigenvalue weighted by Crippen LogP contribution is 2.06. The van der Waals surface area contributed by atoms with E-state index in [1.165, 1.54) is 25.7 Å². The average molecular weight is 243 g/mol. The van der Waals surface area contributed by atoms with Crippen LogP contribution in [0.3, 0.4) is 0 Å². The second-order valence-electron chi connectivity index (χ2n) is 5.97. The highest BCUT2D eigenvalue weighted by atomic mass is 16.5. The minimum atomic E-state index is 0.622. The van der Waals surface area contributed by atoms with E-state index in [2.05, 4.69) is 39.9 Å². The Balaban J connectivity index is 3.16. The smallest absolute Gasteiger partial charge is 0.0590 e. The van der Waals surface area contributed by atoms with Crippen molar-refractivity contribution < 1.29 is 4.74 Å². The minimum Gasteiger partial charge on any atom is -0.380 e. The van der Waals surface area contributed by atoms with Gasteiger partial charge in [-0.1, -0.05) is 27.7 Å².